The summed E-state index contributed by atoms with van der Waals surface area (Å²) in [7, 11) is 6.26. The first kappa shape index (κ1) is 27.1. The predicted molar refractivity (Wildman–Crippen MR) is 151 cm³/mol. The number of hydrogen-bond donors (Lipinski definition) is 1. The molecule has 1 N–H and O–H groups in total. The number of nitrogens with one attached hydrogen (secondary N) is 1. The van der Waals surface area contributed by atoms with E-state index in [0.29, 0.717) is 47.4 Å². The normalized spacial score (nSPS) is 13.7. The van der Waals surface area contributed by atoms with Crippen LogP contribution in [-0.2, 0) is 0 Å². The third-order valence-corrected chi connectivity index (χ3v) is 7.88. The van der Waals surface area contributed by atoms with Crippen molar-refractivity contribution in [2.24, 2.45) is 0 Å². The molecular formula is C28H30N6O5S. The first-order valence-corrected chi connectivity index (χ1v) is 13.6. The first-order valence-electron chi connectivity index (χ1n) is 12.7. The van der Waals surface area contributed by atoms with Crippen molar-refractivity contribution in [1.82, 2.24) is 25.3 Å². The van der Waals surface area contributed by atoms with Gasteiger partial charge >= 0.3 is 0 Å². The van der Waals surface area contributed by atoms with Gasteiger partial charge in [-0.3, -0.25) is 25.0 Å². The maximum Gasteiger partial charge on any atom is 0.289 e. The lowest BCUT2D eigenvalue weighted by atomic mass is 9.97. The SMILES string of the molecule is COc1ccc(C(=O)N2CCC(c3nc(C(=O)NN(C)c4cnc5ccccc5n4)cs3)CC2)c(OC)c1OC. The first-order chi connectivity index (χ1) is 19.4. The van der Waals surface area contributed by atoms with Crippen molar-refractivity contribution in [3.8, 4) is 17.2 Å². The smallest absolute Gasteiger partial charge is 0.289 e. The molecule has 2 aromatic heterocycles. The number of likely N-dealkylation sites (tertiary alicyclic amines) is 1. The number of thiazole rings is 1. The van der Waals surface area contributed by atoms with Gasteiger partial charge in [0.15, 0.2) is 17.3 Å². The Hall–Kier alpha value is -4.45. The topological polar surface area (TPSA) is 119 Å². The highest BCUT2D eigenvalue weighted by Gasteiger charge is 2.30. The number of para-hydroxylation sites is 2. The van der Waals surface area contributed by atoms with Crippen LogP contribution in [-0.4, -0.2) is 73.1 Å². The summed E-state index contributed by atoms with van der Waals surface area (Å²) in [6.07, 6.45) is 3.09. The van der Waals surface area contributed by atoms with E-state index in [1.54, 1.807) is 35.7 Å². The number of hydrazine groups is 1. The van der Waals surface area contributed by atoms with E-state index < -0.39 is 0 Å². The summed E-state index contributed by atoms with van der Waals surface area (Å²) in [5.41, 5.74) is 5.10. The maximum absolute atomic E-state index is 13.3. The van der Waals surface area contributed by atoms with E-state index in [1.165, 1.54) is 37.7 Å². The molecule has 0 radical (unpaired) electrons. The third kappa shape index (κ3) is 5.34. The van der Waals surface area contributed by atoms with E-state index in [4.69, 9.17) is 14.2 Å². The molecule has 0 bridgehead atoms. The zero-order valence-corrected chi connectivity index (χ0v) is 23.5. The van der Waals surface area contributed by atoms with Gasteiger partial charge in [0.2, 0.25) is 5.75 Å². The van der Waals surface area contributed by atoms with Gasteiger partial charge < -0.3 is 19.1 Å². The van der Waals surface area contributed by atoms with Crippen molar-refractivity contribution in [3.63, 3.8) is 0 Å². The van der Waals surface area contributed by atoms with Crippen molar-refractivity contribution >= 4 is 40.0 Å². The van der Waals surface area contributed by atoms with Gasteiger partial charge in [0.1, 0.15) is 5.69 Å². The Morgan fingerprint density at radius 1 is 0.975 bits per heavy atom. The zero-order chi connectivity index (χ0) is 28.2. The second kappa shape index (κ2) is 11.7. The van der Waals surface area contributed by atoms with Gasteiger partial charge in [-0.1, -0.05) is 12.1 Å². The Morgan fingerprint density at radius 2 is 1.70 bits per heavy atom. The highest BCUT2D eigenvalue weighted by molar-refractivity contribution is 7.09. The lowest BCUT2D eigenvalue weighted by Crippen LogP contribution is -2.40. The number of methoxy groups -OCH3 is 3. The number of amides is 2. The van der Waals surface area contributed by atoms with Crippen LogP contribution >= 0.6 is 11.3 Å². The fourth-order valence-electron chi connectivity index (χ4n) is 4.72. The van der Waals surface area contributed by atoms with Gasteiger partial charge in [0.05, 0.1) is 49.1 Å². The number of fused-ring (bicyclic) bond motifs is 1. The third-order valence-electron chi connectivity index (χ3n) is 6.87. The molecule has 1 aliphatic rings. The highest BCUT2D eigenvalue weighted by Crippen LogP contribution is 2.41. The molecule has 0 saturated carbocycles. The van der Waals surface area contributed by atoms with Gasteiger partial charge in [-0.2, -0.15) is 0 Å². The van der Waals surface area contributed by atoms with Crippen LogP contribution in [0, 0.1) is 0 Å². The molecule has 0 atom stereocenters. The molecule has 3 heterocycles. The number of anilines is 1. The standard InChI is InChI=1S/C28H30N6O5S/c1-33(23-15-29-19-7-5-6-8-20(19)30-23)32-26(35)21-16-40-27(31-21)17-11-13-34(14-12-17)28(36)18-9-10-22(37-2)25(39-4)24(18)38-3/h5-10,15-17H,11-14H2,1-4H3,(H,32,35). The summed E-state index contributed by atoms with van der Waals surface area (Å²) in [5, 5.41) is 4.18. The molecule has 0 unspecified atom stereocenters. The molecule has 2 amide bonds. The number of ether oxygens (including phenoxy) is 3. The number of rotatable bonds is 8. The molecule has 40 heavy (non-hydrogen) atoms. The minimum Gasteiger partial charge on any atom is -0.493 e. The quantitative estimate of drug-likeness (QED) is 0.319. The second-order valence-electron chi connectivity index (χ2n) is 9.24. The fraction of sp³-hybridized carbons (Fsp3) is 0.321. The molecule has 2 aromatic carbocycles. The number of carbonyl (C=O) groups excluding carboxylic acids is 2. The summed E-state index contributed by atoms with van der Waals surface area (Å²) in [5.74, 6) is 1.46. The van der Waals surface area contributed by atoms with E-state index in [1.807, 2.05) is 24.3 Å². The van der Waals surface area contributed by atoms with E-state index in [2.05, 4.69) is 20.4 Å². The average molecular weight is 563 g/mol. The van der Waals surface area contributed by atoms with E-state index >= 15 is 0 Å². The Bertz CT molecular complexity index is 1530. The van der Waals surface area contributed by atoms with Crippen LogP contribution in [0.15, 0.2) is 48.0 Å². The molecule has 1 aliphatic heterocycles. The predicted octanol–water partition coefficient (Wildman–Crippen LogP) is 3.91. The van der Waals surface area contributed by atoms with Gasteiger partial charge in [0.25, 0.3) is 11.8 Å². The van der Waals surface area contributed by atoms with Crippen LogP contribution in [0.3, 0.4) is 0 Å². The molecule has 12 heteroatoms. The summed E-state index contributed by atoms with van der Waals surface area (Å²) in [4.78, 5) is 41.6. The van der Waals surface area contributed by atoms with Gasteiger partial charge in [0, 0.05) is 31.4 Å². The van der Waals surface area contributed by atoms with Crippen LogP contribution in [0.2, 0.25) is 0 Å². The van der Waals surface area contributed by atoms with E-state index in [9.17, 15) is 9.59 Å². The van der Waals surface area contributed by atoms with Gasteiger partial charge in [-0.15, -0.1) is 11.3 Å². The molecule has 11 nitrogen and oxygen atoms in total. The number of benzene rings is 2. The van der Waals surface area contributed by atoms with Gasteiger partial charge in [-0.25, -0.2) is 9.97 Å². The Labute approximate surface area is 235 Å². The molecule has 0 aliphatic carbocycles. The van der Waals surface area contributed by atoms with Crippen molar-refractivity contribution in [3.05, 3.63) is 64.2 Å². The van der Waals surface area contributed by atoms with Crippen LogP contribution < -0.4 is 24.6 Å². The number of piperidine rings is 1. The molecule has 0 spiro atoms. The number of aromatic nitrogens is 3. The average Bonchev–Trinajstić information content (AvgIpc) is 3.50. The molecule has 5 rings (SSSR count). The van der Waals surface area contributed by atoms with Crippen LogP contribution in [0.5, 0.6) is 17.2 Å². The van der Waals surface area contributed by atoms with E-state index in [-0.39, 0.29) is 17.7 Å². The minimum atomic E-state index is -0.326. The largest absolute Gasteiger partial charge is 0.493 e. The molecular weight excluding hydrogens is 532 g/mol. The van der Waals surface area contributed by atoms with Crippen LogP contribution in [0.25, 0.3) is 11.0 Å². The summed E-state index contributed by atoms with van der Waals surface area (Å²) in [6.45, 7) is 1.12. The van der Waals surface area contributed by atoms with Crippen molar-refractivity contribution in [2.45, 2.75) is 18.8 Å². The summed E-state index contributed by atoms with van der Waals surface area (Å²) in [6, 6.07) is 10.9. The lowest BCUT2D eigenvalue weighted by molar-refractivity contribution is 0.0708. The summed E-state index contributed by atoms with van der Waals surface area (Å²) >= 11 is 1.46. The van der Waals surface area contributed by atoms with Crippen molar-refractivity contribution in [1.29, 1.82) is 0 Å². The molecule has 208 valence electrons. The van der Waals surface area contributed by atoms with Crippen LogP contribution in [0.1, 0.15) is 44.6 Å². The molecule has 1 fully saturated rings. The number of nitrogens with zero attached hydrogens (tertiary/aromatic N) is 5. The Balaban J connectivity index is 1.20. The van der Waals surface area contributed by atoms with Gasteiger partial charge in [-0.05, 0) is 37.1 Å². The van der Waals surface area contributed by atoms with Crippen molar-refractivity contribution in [2.75, 3.05) is 46.5 Å². The maximum atomic E-state index is 13.3. The Morgan fingerprint density at radius 3 is 2.40 bits per heavy atom. The summed E-state index contributed by atoms with van der Waals surface area (Å²) < 4.78 is 16.3. The Kier molecular flexibility index (Phi) is 7.96. The number of carbonyl (C=O) groups is 2. The monoisotopic (exact) mass is 562 g/mol. The minimum absolute atomic E-state index is 0.129. The number of hydrogen-bond acceptors (Lipinski definition) is 10. The second-order valence-corrected chi connectivity index (χ2v) is 10.1. The van der Waals surface area contributed by atoms with Crippen molar-refractivity contribution < 1.29 is 23.8 Å². The van der Waals surface area contributed by atoms with Crippen LogP contribution in [0.4, 0.5) is 5.82 Å². The molecule has 4 aromatic rings. The fourth-order valence-corrected chi connectivity index (χ4v) is 5.70. The zero-order valence-electron chi connectivity index (χ0n) is 22.7. The van der Waals surface area contributed by atoms with E-state index in [0.717, 1.165) is 28.9 Å². The lowest BCUT2D eigenvalue weighted by Gasteiger charge is -2.31. The highest BCUT2D eigenvalue weighted by atomic mass is 32.1. The molecule has 1 saturated heterocycles.